The third kappa shape index (κ3) is 1.11. The van der Waals surface area contributed by atoms with Gasteiger partial charge in [-0.3, -0.25) is 14.5 Å². The molecule has 2 unspecified atom stereocenters. The maximum atomic E-state index is 11.6. The molecule has 0 spiro atoms. The van der Waals surface area contributed by atoms with Gasteiger partial charge in [-0.2, -0.15) is 0 Å². The topological polar surface area (TPSA) is 37.4 Å². The molecule has 1 fully saturated rings. The number of carbonyl (C=O) groups excluding carboxylic acids is 2. The molecule has 1 saturated heterocycles. The van der Waals surface area contributed by atoms with Crippen molar-refractivity contribution in [3.05, 3.63) is 11.6 Å². The minimum Gasteiger partial charge on any atom is -0.285 e. The number of amides is 2. The summed E-state index contributed by atoms with van der Waals surface area (Å²) in [5, 5.41) is 0. The van der Waals surface area contributed by atoms with Gasteiger partial charge >= 0.3 is 0 Å². The van der Waals surface area contributed by atoms with Crippen LogP contribution in [-0.2, 0) is 9.59 Å². The minimum absolute atomic E-state index is 0.00592. The molecule has 1 aliphatic carbocycles. The first kappa shape index (κ1) is 9.44. The van der Waals surface area contributed by atoms with Crippen LogP contribution in [0.5, 0.6) is 0 Å². The third-order valence-electron chi connectivity index (χ3n) is 3.18. The molecule has 0 radical (unpaired) electrons. The minimum atomic E-state index is -0.126. The predicted molar refractivity (Wildman–Crippen MR) is 52.4 cm³/mol. The molecule has 0 aromatic carbocycles. The molecule has 0 aromatic heterocycles. The molecule has 3 heteroatoms. The van der Waals surface area contributed by atoms with E-state index in [4.69, 9.17) is 0 Å². The van der Waals surface area contributed by atoms with Gasteiger partial charge in [-0.25, -0.2) is 0 Å². The molecular formula is C11H15NO2. The number of imide groups is 1. The van der Waals surface area contributed by atoms with E-state index in [1.54, 1.807) is 7.05 Å². The van der Waals surface area contributed by atoms with Crippen molar-refractivity contribution in [3.63, 3.8) is 0 Å². The van der Waals surface area contributed by atoms with E-state index in [0.29, 0.717) is 0 Å². The number of carbonyl (C=O) groups is 2. The predicted octanol–water partition coefficient (Wildman–Crippen LogP) is 1.35. The Labute approximate surface area is 83.8 Å². The molecular weight excluding hydrogens is 178 g/mol. The Hall–Kier alpha value is -1.12. The number of likely N-dealkylation sites (tertiary alicyclic amines) is 1. The van der Waals surface area contributed by atoms with Gasteiger partial charge in [0.25, 0.3) is 0 Å². The first-order chi connectivity index (χ1) is 6.66. The van der Waals surface area contributed by atoms with Crippen LogP contribution in [0.15, 0.2) is 11.6 Å². The lowest BCUT2D eigenvalue weighted by molar-refractivity contribution is -0.137. The average molecular weight is 193 g/mol. The molecule has 0 aromatic rings. The largest absolute Gasteiger partial charge is 0.285 e. The van der Waals surface area contributed by atoms with Crippen molar-refractivity contribution in [1.29, 1.82) is 0 Å². The third-order valence-corrected chi connectivity index (χ3v) is 3.18. The SMILES string of the molecule is CCCCC1=CC2C(=O)N(C)C(=O)C12. The van der Waals surface area contributed by atoms with Gasteiger partial charge in [0.1, 0.15) is 0 Å². The molecule has 3 nitrogen and oxygen atoms in total. The second-order valence-electron chi connectivity index (χ2n) is 4.08. The fourth-order valence-corrected chi connectivity index (χ4v) is 2.23. The Bertz CT molecular complexity index is 319. The van der Waals surface area contributed by atoms with Crippen molar-refractivity contribution in [1.82, 2.24) is 4.90 Å². The molecule has 1 aliphatic heterocycles. The van der Waals surface area contributed by atoms with Crippen molar-refractivity contribution in [2.45, 2.75) is 26.2 Å². The van der Waals surface area contributed by atoms with Crippen molar-refractivity contribution < 1.29 is 9.59 Å². The van der Waals surface area contributed by atoms with Crippen LogP contribution in [0, 0.1) is 11.8 Å². The number of nitrogens with zero attached hydrogens (tertiary/aromatic N) is 1. The van der Waals surface area contributed by atoms with Gasteiger partial charge in [0, 0.05) is 7.05 Å². The van der Waals surface area contributed by atoms with Crippen molar-refractivity contribution >= 4 is 11.8 Å². The molecule has 76 valence electrons. The van der Waals surface area contributed by atoms with Gasteiger partial charge in [-0.05, 0) is 12.8 Å². The molecule has 0 saturated carbocycles. The van der Waals surface area contributed by atoms with Gasteiger partial charge in [-0.1, -0.05) is 25.0 Å². The Balaban J connectivity index is 2.08. The van der Waals surface area contributed by atoms with E-state index in [-0.39, 0.29) is 23.7 Å². The summed E-state index contributed by atoms with van der Waals surface area (Å²) >= 11 is 0. The summed E-state index contributed by atoms with van der Waals surface area (Å²) in [5.74, 6) is -0.257. The maximum Gasteiger partial charge on any atom is 0.237 e. The van der Waals surface area contributed by atoms with Gasteiger partial charge in [-0.15, -0.1) is 0 Å². The summed E-state index contributed by atoms with van der Waals surface area (Å²) in [5.41, 5.74) is 1.18. The first-order valence-electron chi connectivity index (χ1n) is 5.18. The van der Waals surface area contributed by atoms with E-state index in [1.165, 1.54) is 10.5 Å². The van der Waals surface area contributed by atoms with E-state index < -0.39 is 0 Å². The highest BCUT2D eigenvalue weighted by molar-refractivity contribution is 6.09. The fourth-order valence-electron chi connectivity index (χ4n) is 2.23. The molecule has 0 bridgehead atoms. The highest BCUT2D eigenvalue weighted by atomic mass is 16.2. The number of unbranched alkanes of at least 4 members (excludes halogenated alkanes) is 1. The Kier molecular flexibility index (Phi) is 2.17. The maximum absolute atomic E-state index is 11.6. The van der Waals surface area contributed by atoms with Crippen LogP contribution >= 0.6 is 0 Å². The van der Waals surface area contributed by atoms with E-state index in [0.717, 1.165) is 19.3 Å². The van der Waals surface area contributed by atoms with Gasteiger partial charge in [0.15, 0.2) is 0 Å². The number of hydrogen-bond acceptors (Lipinski definition) is 2. The Morgan fingerprint density at radius 2 is 2.07 bits per heavy atom. The second-order valence-corrected chi connectivity index (χ2v) is 4.08. The van der Waals surface area contributed by atoms with Crippen LogP contribution in [0.3, 0.4) is 0 Å². The fraction of sp³-hybridized carbons (Fsp3) is 0.636. The van der Waals surface area contributed by atoms with E-state index in [2.05, 4.69) is 6.92 Å². The van der Waals surface area contributed by atoms with Gasteiger partial charge in [0.2, 0.25) is 11.8 Å². The van der Waals surface area contributed by atoms with Crippen LogP contribution in [0.25, 0.3) is 0 Å². The van der Waals surface area contributed by atoms with Crippen LogP contribution in [0.4, 0.5) is 0 Å². The quantitative estimate of drug-likeness (QED) is 0.501. The number of fused-ring (bicyclic) bond motifs is 1. The van der Waals surface area contributed by atoms with E-state index >= 15 is 0 Å². The molecule has 2 amide bonds. The monoisotopic (exact) mass is 193 g/mol. The van der Waals surface area contributed by atoms with Crippen LogP contribution in [0.1, 0.15) is 26.2 Å². The molecule has 2 rings (SSSR count). The van der Waals surface area contributed by atoms with Crippen molar-refractivity contribution in [3.8, 4) is 0 Å². The van der Waals surface area contributed by atoms with Gasteiger partial charge < -0.3 is 0 Å². The lowest BCUT2D eigenvalue weighted by atomic mass is 9.74. The molecule has 14 heavy (non-hydrogen) atoms. The normalized spacial score (nSPS) is 30.1. The summed E-state index contributed by atoms with van der Waals surface area (Å²) in [6, 6.07) is 0. The van der Waals surface area contributed by atoms with E-state index in [9.17, 15) is 9.59 Å². The standard InChI is InChI=1S/C11H15NO2/c1-3-4-5-7-6-8-9(7)11(14)12(2)10(8)13/h6,8-9H,3-5H2,1-2H3. The number of hydrogen-bond donors (Lipinski definition) is 0. The zero-order chi connectivity index (χ0) is 10.3. The Morgan fingerprint density at radius 1 is 1.36 bits per heavy atom. The first-order valence-corrected chi connectivity index (χ1v) is 5.18. The van der Waals surface area contributed by atoms with Gasteiger partial charge in [0.05, 0.1) is 11.8 Å². The molecule has 0 N–H and O–H groups in total. The van der Waals surface area contributed by atoms with Crippen molar-refractivity contribution in [2.75, 3.05) is 7.05 Å². The molecule has 1 heterocycles. The summed E-state index contributed by atoms with van der Waals surface area (Å²) in [6.07, 6.45) is 5.20. The summed E-state index contributed by atoms with van der Waals surface area (Å²) in [4.78, 5) is 24.3. The summed E-state index contributed by atoms with van der Waals surface area (Å²) in [6.45, 7) is 2.13. The Morgan fingerprint density at radius 3 is 2.64 bits per heavy atom. The zero-order valence-electron chi connectivity index (χ0n) is 8.62. The smallest absolute Gasteiger partial charge is 0.237 e. The highest BCUT2D eigenvalue weighted by Crippen LogP contribution is 2.43. The highest BCUT2D eigenvalue weighted by Gasteiger charge is 2.51. The molecule has 2 aliphatic rings. The lowest BCUT2D eigenvalue weighted by Gasteiger charge is -2.26. The van der Waals surface area contributed by atoms with Crippen molar-refractivity contribution in [2.24, 2.45) is 11.8 Å². The van der Waals surface area contributed by atoms with Crippen LogP contribution in [0.2, 0.25) is 0 Å². The van der Waals surface area contributed by atoms with Crippen LogP contribution < -0.4 is 0 Å². The van der Waals surface area contributed by atoms with Crippen LogP contribution in [-0.4, -0.2) is 23.8 Å². The lowest BCUT2D eigenvalue weighted by Crippen LogP contribution is -2.27. The summed E-state index contributed by atoms with van der Waals surface area (Å²) in [7, 11) is 1.58. The average Bonchev–Trinajstić information content (AvgIpc) is 2.28. The summed E-state index contributed by atoms with van der Waals surface area (Å²) < 4.78 is 0. The zero-order valence-corrected chi connectivity index (χ0v) is 8.62. The number of rotatable bonds is 3. The van der Waals surface area contributed by atoms with E-state index in [1.807, 2.05) is 6.08 Å². The second kappa shape index (κ2) is 3.23. The molecule has 2 atom stereocenters.